The molecule has 2 N–H and O–H groups in total. The lowest BCUT2D eigenvalue weighted by molar-refractivity contribution is -0.114. The molecule has 0 heterocycles. The van der Waals surface area contributed by atoms with Crippen molar-refractivity contribution in [2.75, 3.05) is 23.8 Å². The van der Waals surface area contributed by atoms with Crippen LogP contribution in [-0.4, -0.2) is 19.1 Å². The van der Waals surface area contributed by atoms with Crippen molar-refractivity contribution in [3.63, 3.8) is 0 Å². The van der Waals surface area contributed by atoms with Gasteiger partial charge in [-0.25, -0.2) is 0 Å². The number of carbonyl (C=O) groups is 1. The standard InChI is InChI=1S/C25H30N2O2/c1-2-3-4-5-8-17-29-22-14-10-13-21(18-22)26-19-25(28)27-24-16-9-12-20-11-6-7-15-23(20)24/h6-7,9-16,18,26H,2-5,8,17,19H2,1H3,(H,27,28). The van der Waals surface area contributed by atoms with Crippen LogP contribution in [0.15, 0.2) is 66.7 Å². The molecule has 0 radical (unpaired) electrons. The lowest BCUT2D eigenvalue weighted by Crippen LogP contribution is -2.21. The van der Waals surface area contributed by atoms with E-state index in [1.807, 2.05) is 66.7 Å². The second-order valence-corrected chi connectivity index (χ2v) is 7.22. The summed E-state index contributed by atoms with van der Waals surface area (Å²) in [5.41, 5.74) is 1.71. The van der Waals surface area contributed by atoms with Crippen LogP contribution >= 0.6 is 0 Å². The summed E-state index contributed by atoms with van der Waals surface area (Å²) in [5, 5.41) is 8.32. The fourth-order valence-corrected chi connectivity index (χ4v) is 3.30. The molecular formula is C25H30N2O2. The molecule has 3 rings (SSSR count). The summed E-state index contributed by atoms with van der Waals surface area (Å²) >= 11 is 0. The van der Waals surface area contributed by atoms with Crippen LogP contribution in [0, 0.1) is 0 Å². The Bertz CT molecular complexity index is 918. The molecule has 0 saturated heterocycles. The van der Waals surface area contributed by atoms with Gasteiger partial charge in [-0.2, -0.15) is 0 Å². The molecule has 0 aromatic heterocycles. The summed E-state index contributed by atoms with van der Waals surface area (Å²) in [6, 6.07) is 21.7. The molecule has 3 aromatic carbocycles. The second kappa shape index (κ2) is 11.1. The smallest absolute Gasteiger partial charge is 0.243 e. The molecule has 0 aliphatic heterocycles. The Morgan fingerprint density at radius 2 is 1.69 bits per heavy atom. The number of carbonyl (C=O) groups excluding carboxylic acids is 1. The van der Waals surface area contributed by atoms with Gasteiger partial charge in [0.2, 0.25) is 5.91 Å². The van der Waals surface area contributed by atoms with Crippen LogP contribution < -0.4 is 15.4 Å². The minimum absolute atomic E-state index is 0.0800. The molecule has 3 aromatic rings. The van der Waals surface area contributed by atoms with Crippen LogP contribution in [0.25, 0.3) is 10.8 Å². The number of amides is 1. The SMILES string of the molecule is CCCCCCCOc1cccc(NCC(=O)Nc2cccc3ccccc23)c1. The summed E-state index contributed by atoms with van der Waals surface area (Å²) in [7, 11) is 0. The Hall–Kier alpha value is -3.01. The first-order valence-electron chi connectivity index (χ1n) is 10.5. The van der Waals surface area contributed by atoms with Gasteiger partial charge < -0.3 is 15.4 Å². The van der Waals surface area contributed by atoms with E-state index in [0.29, 0.717) is 0 Å². The lowest BCUT2D eigenvalue weighted by atomic mass is 10.1. The predicted molar refractivity (Wildman–Crippen MR) is 122 cm³/mol. The van der Waals surface area contributed by atoms with E-state index in [0.717, 1.165) is 40.9 Å². The van der Waals surface area contributed by atoms with Crippen molar-refractivity contribution in [2.45, 2.75) is 39.0 Å². The average molecular weight is 391 g/mol. The molecule has 1 amide bonds. The van der Waals surface area contributed by atoms with Crippen molar-refractivity contribution >= 4 is 28.1 Å². The van der Waals surface area contributed by atoms with E-state index in [1.165, 1.54) is 25.7 Å². The number of nitrogens with one attached hydrogen (secondary N) is 2. The molecule has 0 saturated carbocycles. The number of fused-ring (bicyclic) bond motifs is 1. The van der Waals surface area contributed by atoms with Crippen LogP contribution in [0.3, 0.4) is 0 Å². The number of ether oxygens (including phenoxy) is 1. The molecule has 4 nitrogen and oxygen atoms in total. The highest BCUT2D eigenvalue weighted by atomic mass is 16.5. The molecule has 0 spiro atoms. The van der Waals surface area contributed by atoms with Gasteiger partial charge >= 0.3 is 0 Å². The highest BCUT2D eigenvalue weighted by Gasteiger charge is 2.06. The maximum atomic E-state index is 12.4. The Balaban J connectivity index is 1.47. The molecule has 4 heteroatoms. The van der Waals surface area contributed by atoms with Gasteiger partial charge in [-0.05, 0) is 30.0 Å². The molecule has 0 bridgehead atoms. The van der Waals surface area contributed by atoms with Crippen molar-refractivity contribution in [2.24, 2.45) is 0 Å². The predicted octanol–water partition coefficient (Wildman–Crippen LogP) is 6.24. The topological polar surface area (TPSA) is 50.4 Å². The van der Waals surface area contributed by atoms with Crippen LogP contribution in [0.4, 0.5) is 11.4 Å². The Labute approximate surface area is 173 Å². The van der Waals surface area contributed by atoms with Gasteiger partial charge in [-0.15, -0.1) is 0 Å². The number of unbranched alkanes of at least 4 members (excludes halogenated alkanes) is 4. The van der Waals surface area contributed by atoms with Crippen molar-refractivity contribution in [3.05, 3.63) is 66.7 Å². The van der Waals surface area contributed by atoms with Gasteiger partial charge in [0.25, 0.3) is 0 Å². The van der Waals surface area contributed by atoms with Gasteiger partial charge in [0, 0.05) is 22.8 Å². The number of anilines is 2. The Morgan fingerprint density at radius 3 is 2.59 bits per heavy atom. The van der Waals surface area contributed by atoms with Crippen molar-refractivity contribution < 1.29 is 9.53 Å². The summed E-state index contributed by atoms with van der Waals surface area (Å²) in [5.74, 6) is 0.753. The lowest BCUT2D eigenvalue weighted by Gasteiger charge is -2.11. The Kier molecular flexibility index (Phi) is 7.93. The van der Waals surface area contributed by atoms with Gasteiger partial charge in [-0.1, -0.05) is 75.1 Å². The Morgan fingerprint density at radius 1 is 0.897 bits per heavy atom. The number of benzene rings is 3. The zero-order valence-corrected chi connectivity index (χ0v) is 17.1. The number of hydrogen-bond donors (Lipinski definition) is 2. The zero-order chi connectivity index (χ0) is 20.3. The number of hydrogen-bond acceptors (Lipinski definition) is 3. The van der Waals surface area contributed by atoms with E-state index in [2.05, 4.69) is 17.6 Å². The van der Waals surface area contributed by atoms with E-state index >= 15 is 0 Å². The van der Waals surface area contributed by atoms with Crippen molar-refractivity contribution in [1.29, 1.82) is 0 Å². The molecular weight excluding hydrogens is 360 g/mol. The first-order valence-corrected chi connectivity index (χ1v) is 10.5. The molecule has 0 unspecified atom stereocenters. The molecule has 0 aliphatic carbocycles. The molecule has 152 valence electrons. The number of rotatable bonds is 11. The van der Waals surface area contributed by atoms with Gasteiger partial charge in [0.05, 0.1) is 13.2 Å². The van der Waals surface area contributed by atoms with Crippen molar-refractivity contribution in [1.82, 2.24) is 0 Å². The molecule has 0 atom stereocenters. The van der Waals surface area contributed by atoms with E-state index in [-0.39, 0.29) is 12.5 Å². The fraction of sp³-hybridized carbons (Fsp3) is 0.320. The molecule has 0 fully saturated rings. The van der Waals surface area contributed by atoms with Gasteiger partial charge in [-0.3, -0.25) is 4.79 Å². The summed E-state index contributed by atoms with van der Waals surface area (Å²) in [6.45, 7) is 3.15. The van der Waals surface area contributed by atoms with Crippen LogP contribution in [-0.2, 0) is 4.79 Å². The van der Waals surface area contributed by atoms with Gasteiger partial charge in [0.1, 0.15) is 5.75 Å². The maximum Gasteiger partial charge on any atom is 0.243 e. The second-order valence-electron chi connectivity index (χ2n) is 7.22. The van der Waals surface area contributed by atoms with Crippen LogP contribution in [0.2, 0.25) is 0 Å². The van der Waals surface area contributed by atoms with Crippen LogP contribution in [0.5, 0.6) is 5.75 Å². The fourth-order valence-electron chi connectivity index (χ4n) is 3.30. The minimum Gasteiger partial charge on any atom is -0.494 e. The summed E-state index contributed by atoms with van der Waals surface area (Å²) in [4.78, 5) is 12.4. The maximum absolute atomic E-state index is 12.4. The van der Waals surface area contributed by atoms with Gasteiger partial charge in [0.15, 0.2) is 0 Å². The van der Waals surface area contributed by atoms with Crippen molar-refractivity contribution in [3.8, 4) is 5.75 Å². The summed E-state index contributed by atoms with van der Waals surface area (Å²) < 4.78 is 5.84. The highest BCUT2D eigenvalue weighted by Crippen LogP contribution is 2.23. The largest absolute Gasteiger partial charge is 0.494 e. The van der Waals surface area contributed by atoms with E-state index in [4.69, 9.17) is 4.74 Å². The van der Waals surface area contributed by atoms with Crippen LogP contribution in [0.1, 0.15) is 39.0 Å². The zero-order valence-electron chi connectivity index (χ0n) is 17.1. The highest BCUT2D eigenvalue weighted by molar-refractivity contribution is 6.03. The third-order valence-corrected chi connectivity index (χ3v) is 4.87. The normalized spacial score (nSPS) is 10.7. The van der Waals surface area contributed by atoms with E-state index in [1.54, 1.807) is 0 Å². The minimum atomic E-state index is -0.0800. The van der Waals surface area contributed by atoms with E-state index in [9.17, 15) is 4.79 Å². The third kappa shape index (κ3) is 6.53. The third-order valence-electron chi connectivity index (χ3n) is 4.87. The average Bonchev–Trinajstić information content (AvgIpc) is 2.75. The first kappa shape index (κ1) is 20.7. The van der Waals surface area contributed by atoms with E-state index < -0.39 is 0 Å². The first-order chi connectivity index (χ1) is 14.3. The molecule has 29 heavy (non-hydrogen) atoms. The summed E-state index contributed by atoms with van der Waals surface area (Å²) in [6.07, 6.45) is 6.10. The quantitative estimate of drug-likeness (QED) is 0.381. The molecule has 0 aliphatic rings. The monoisotopic (exact) mass is 390 g/mol.